The van der Waals surface area contributed by atoms with Gasteiger partial charge in [0.05, 0.1) is 48.5 Å². The zero-order valence-electron chi connectivity index (χ0n) is 17.2. The molecule has 30 heavy (non-hydrogen) atoms. The molecule has 0 saturated carbocycles. The molecule has 5 rings (SSSR count). The molecule has 8 heteroatoms. The fraction of sp³-hybridized carbons (Fsp3) is 0.500. The average molecular weight is 429 g/mol. The second-order valence-electron chi connectivity index (χ2n) is 8.69. The third-order valence-electron chi connectivity index (χ3n) is 5.97. The van der Waals surface area contributed by atoms with Crippen LogP contribution in [-0.4, -0.2) is 51.9 Å². The highest BCUT2D eigenvalue weighted by molar-refractivity contribution is 6.31. The molecule has 1 amide bonds. The number of nitrogens with zero attached hydrogens (tertiary/aromatic N) is 3. The van der Waals surface area contributed by atoms with Gasteiger partial charge in [-0.05, 0) is 44.9 Å². The number of nitrogens with one attached hydrogen (secondary N) is 1. The van der Waals surface area contributed by atoms with Gasteiger partial charge in [0.2, 0.25) is 5.91 Å². The SMILES string of the molecule is C[C@@H]1C[C@H](n2c(CC(=O)NC3(C)COC3)nc3cnc4ccc(Cl)cc4c32)CCO1. The summed E-state index contributed by atoms with van der Waals surface area (Å²) < 4.78 is 13.3. The van der Waals surface area contributed by atoms with E-state index >= 15 is 0 Å². The summed E-state index contributed by atoms with van der Waals surface area (Å²) in [6.07, 6.45) is 3.90. The number of imidazole rings is 1. The molecule has 2 aromatic heterocycles. The van der Waals surface area contributed by atoms with Gasteiger partial charge in [-0.2, -0.15) is 0 Å². The standard InChI is InChI=1S/C22H25ClN4O3/c1-13-7-15(5-6-30-13)27-19(9-20(28)26-22(2)11-29-12-22)25-18-10-24-17-4-3-14(23)8-16(17)21(18)27/h3-4,8,10,13,15H,5-7,9,11-12H2,1-2H3,(H,26,28)/t13-,15-/m1/s1. The molecule has 0 bridgehead atoms. The van der Waals surface area contributed by atoms with Crippen LogP contribution in [0.15, 0.2) is 24.4 Å². The van der Waals surface area contributed by atoms with Crippen molar-refractivity contribution in [1.29, 1.82) is 0 Å². The zero-order valence-corrected chi connectivity index (χ0v) is 17.9. The lowest BCUT2D eigenvalue weighted by Gasteiger charge is -2.38. The van der Waals surface area contributed by atoms with E-state index in [1.165, 1.54) is 0 Å². The number of pyridine rings is 1. The lowest BCUT2D eigenvalue weighted by atomic mass is 10.0. The van der Waals surface area contributed by atoms with Gasteiger partial charge in [-0.3, -0.25) is 9.78 Å². The topological polar surface area (TPSA) is 78.3 Å². The van der Waals surface area contributed by atoms with Crippen LogP contribution in [-0.2, 0) is 20.7 Å². The molecule has 2 saturated heterocycles. The van der Waals surface area contributed by atoms with Crippen LogP contribution in [0.25, 0.3) is 21.9 Å². The van der Waals surface area contributed by atoms with E-state index in [4.69, 9.17) is 26.1 Å². The Morgan fingerprint density at radius 1 is 1.37 bits per heavy atom. The zero-order chi connectivity index (χ0) is 20.9. The van der Waals surface area contributed by atoms with E-state index in [2.05, 4.69) is 21.8 Å². The van der Waals surface area contributed by atoms with Crippen LogP contribution in [0.4, 0.5) is 0 Å². The van der Waals surface area contributed by atoms with Gasteiger partial charge in [-0.25, -0.2) is 4.98 Å². The van der Waals surface area contributed by atoms with E-state index in [9.17, 15) is 4.79 Å². The fourth-order valence-corrected chi connectivity index (χ4v) is 4.70. The smallest absolute Gasteiger partial charge is 0.228 e. The van der Waals surface area contributed by atoms with E-state index in [0.717, 1.165) is 40.6 Å². The lowest BCUT2D eigenvalue weighted by Crippen LogP contribution is -2.60. The van der Waals surface area contributed by atoms with Crippen molar-refractivity contribution in [3.8, 4) is 0 Å². The molecule has 0 unspecified atom stereocenters. The second-order valence-corrected chi connectivity index (χ2v) is 9.13. The van der Waals surface area contributed by atoms with E-state index in [1.807, 2.05) is 25.1 Å². The molecule has 2 atom stereocenters. The Morgan fingerprint density at radius 2 is 2.20 bits per heavy atom. The van der Waals surface area contributed by atoms with Crippen LogP contribution in [0.5, 0.6) is 0 Å². The van der Waals surface area contributed by atoms with Crippen molar-refractivity contribution in [3.05, 3.63) is 35.2 Å². The fourth-order valence-electron chi connectivity index (χ4n) is 4.53. The highest BCUT2D eigenvalue weighted by Gasteiger charge is 2.35. The largest absolute Gasteiger partial charge is 0.378 e. The molecule has 0 spiro atoms. The number of amides is 1. The molecule has 1 aromatic carbocycles. The Balaban J connectivity index is 1.61. The molecule has 1 N–H and O–H groups in total. The summed E-state index contributed by atoms with van der Waals surface area (Å²) in [4.78, 5) is 22.2. The third-order valence-corrected chi connectivity index (χ3v) is 6.21. The molecule has 2 aliphatic heterocycles. The summed E-state index contributed by atoms with van der Waals surface area (Å²) >= 11 is 6.31. The van der Waals surface area contributed by atoms with Crippen molar-refractivity contribution in [2.45, 2.75) is 50.8 Å². The summed E-state index contributed by atoms with van der Waals surface area (Å²) in [7, 11) is 0. The minimum atomic E-state index is -0.289. The maximum atomic E-state index is 12.8. The lowest BCUT2D eigenvalue weighted by molar-refractivity contribution is -0.130. The number of halogens is 1. The Labute approximate surface area is 179 Å². The maximum Gasteiger partial charge on any atom is 0.228 e. The van der Waals surface area contributed by atoms with Crippen LogP contribution in [0, 0.1) is 0 Å². The number of benzene rings is 1. The Hall–Kier alpha value is -2.22. The first-order chi connectivity index (χ1) is 14.4. The summed E-state index contributed by atoms with van der Waals surface area (Å²) in [5, 5.41) is 4.70. The Bertz CT molecular complexity index is 1120. The molecule has 0 radical (unpaired) electrons. The molecule has 7 nitrogen and oxygen atoms in total. The molecule has 3 aromatic rings. The normalized spacial score (nSPS) is 23.4. The minimum absolute atomic E-state index is 0.0484. The van der Waals surface area contributed by atoms with Gasteiger partial charge in [0.25, 0.3) is 0 Å². The van der Waals surface area contributed by atoms with Crippen molar-refractivity contribution in [2.24, 2.45) is 0 Å². The first-order valence-electron chi connectivity index (χ1n) is 10.4. The quantitative estimate of drug-likeness (QED) is 0.688. The summed E-state index contributed by atoms with van der Waals surface area (Å²) in [6, 6.07) is 5.90. The van der Waals surface area contributed by atoms with Gasteiger partial charge < -0.3 is 19.4 Å². The van der Waals surface area contributed by atoms with E-state index in [-0.39, 0.29) is 30.0 Å². The summed E-state index contributed by atoms with van der Waals surface area (Å²) in [6.45, 7) is 5.86. The monoisotopic (exact) mass is 428 g/mol. The van der Waals surface area contributed by atoms with Crippen LogP contribution >= 0.6 is 11.6 Å². The van der Waals surface area contributed by atoms with Gasteiger partial charge in [-0.15, -0.1) is 0 Å². The Kier molecular flexibility index (Phi) is 4.92. The number of fused-ring (bicyclic) bond motifs is 3. The molecule has 2 fully saturated rings. The molecule has 2 aliphatic rings. The van der Waals surface area contributed by atoms with Crippen molar-refractivity contribution >= 4 is 39.4 Å². The molecular formula is C22H25ClN4O3. The average Bonchev–Trinajstić information content (AvgIpc) is 3.05. The number of carbonyl (C=O) groups excluding carboxylic acids is 1. The predicted octanol–water partition coefficient (Wildman–Crippen LogP) is 3.43. The highest BCUT2D eigenvalue weighted by atomic mass is 35.5. The first-order valence-corrected chi connectivity index (χ1v) is 10.8. The second kappa shape index (κ2) is 7.48. The molecule has 158 valence electrons. The van der Waals surface area contributed by atoms with Gasteiger partial charge in [0.1, 0.15) is 11.3 Å². The van der Waals surface area contributed by atoms with Crippen LogP contribution in [0.2, 0.25) is 5.02 Å². The Morgan fingerprint density at radius 3 is 2.93 bits per heavy atom. The van der Waals surface area contributed by atoms with Crippen molar-refractivity contribution in [3.63, 3.8) is 0 Å². The molecule has 0 aliphatic carbocycles. The number of rotatable bonds is 4. The number of hydrogen-bond donors (Lipinski definition) is 1. The van der Waals surface area contributed by atoms with E-state index in [0.29, 0.717) is 24.8 Å². The number of ether oxygens (including phenoxy) is 2. The highest BCUT2D eigenvalue weighted by Crippen LogP contribution is 2.34. The van der Waals surface area contributed by atoms with Gasteiger partial charge in [-0.1, -0.05) is 11.6 Å². The third kappa shape index (κ3) is 3.55. The van der Waals surface area contributed by atoms with E-state index < -0.39 is 0 Å². The molecule has 4 heterocycles. The van der Waals surface area contributed by atoms with Crippen molar-refractivity contribution in [2.75, 3.05) is 19.8 Å². The van der Waals surface area contributed by atoms with Gasteiger partial charge in [0, 0.05) is 23.1 Å². The predicted molar refractivity (Wildman–Crippen MR) is 115 cm³/mol. The first kappa shape index (κ1) is 19.7. The van der Waals surface area contributed by atoms with E-state index in [1.54, 1.807) is 6.20 Å². The van der Waals surface area contributed by atoms with Gasteiger partial charge >= 0.3 is 0 Å². The van der Waals surface area contributed by atoms with Crippen molar-refractivity contribution in [1.82, 2.24) is 19.9 Å². The summed E-state index contributed by atoms with van der Waals surface area (Å²) in [5.74, 6) is 0.701. The number of hydrogen-bond acceptors (Lipinski definition) is 5. The van der Waals surface area contributed by atoms with Crippen LogP contribution < -0.4 is 5.32 Å². The van der Waals surface area contributed by atoms with Crippen molar-refractivity contribution < 1.29 is 14.3 Å². The van der Waals surface area contributed by atoms with Crippen LogP contribution in [0.1, 0.15) is 38.6 Å². The maximum absolute atomic E-state index is 12.8. The van der Waals surface area contributed by atoms with Gasteiger partial charge in [0.15, 0.2) is 0 Å². The molecular weight excluding hydrogens is 404 g/mol. The minimum Gasteiger partial charge on any atom is -0.378 e. The number of carbonyl (C=O) groups is 1. The summed E-state index contributed by atoms with van der Waals surface area (Å²) in [5.41, 5.74) is 2.35. The number of aromatic nitrogens is 3. The van der Waals surface area contributed by atoms with Crippen LogP contribution in [0.3, 0.4) is 0 Å².